The zero-order valence-electron chi connectivity index (χ0n) is 8.14. The molecule has 80 valence electrons. The van der Waals surface area contributed by atoms with Crippen molar-refractivity contribution in [1.29, 1.82) is 0 Å². The Bertz CT molecular complexity index is 253. The first-order valence-electron chi connectivity index (χ1n) is 4.28. The van der Waals surface area contributed by atoms with Gasteiger partial charge in [-0.25, -0.2) is 0 Å². The molecule has 14 heavy (non-hydrogen) atoms. The lowest BCUT2D eigenvalue weighted by Crippen LogP contribution is -2.11. The van der Waals surface area contributed by atoms with E-state index in [1.807, 2.05) is 18.4 Å². The summed E-state index contributed by atoms with van der Waals surface area (Å²) in [5.41, 5.74) is 6.92. The van der Waals surface area contributed by atoms with Crippen molar-refractivity contribution < 1.29 is 5.11 Å². The molecule has 1 atom stereocenters. The third-order valence-electron chi connectivity index (χ3n) is 1.98. The predicted octanol–water partition coefficient (Wildman–Crippen LogP) is 2.21. The zero-order valence-corrected chi connectivity index (χ0v) is 9.78. The van der Waals surface area contributed by atoms with Gasteiger partial charge in [0.25, 0.3) is 0 Å². The number of halogens is 1. The van der Waals surface area contributed by atoms with Gasteiger partial charge in [-0.1, -0.05) is 12.1 Å². The summed E-state index contributed by atoms with van der Waals surface area (Å²) in [4.78, 5) is 1.24. The van der Waals surface area contributed by atoms with E-state index in [0.29, 0.717) is 6.42 Å². The molecule has 0 saturated carbocycles. The highest BCUT2D eigenvalue weighted by molar-refractivity contribution is 7.98. The van der Waals surface area contributed by atoms with Gasteiger partial charge in [0.15, 0.2) is 0 Å². The molecule has 0 fully saturated rings. The van der Waals surface area contributed by atoms with Crippen LogP contribution in [0.2, 0.25) is 0 Å². The Hall–Kier alpha value is -0.220. The van der Waals surface area contributed by atoms with E-state index in [-0.39, 0.29) is 25.1 Å². The third-order valence-corrected chi connectivity index (χ3v) is 2.73. The van der Waals surface area contributed by atoms with Gasteiger partial charge in [-0.3, -0.25) is 0 Å². The number of aliphatic hydroxyl groups is 1. The molecule has 1 aromatic carbocycles. The molecule has 1 rings (SSSR count). The van der Waals surface area contributed by atoms with Crippen LogP contribution in [0.15, 0.2) is 29.2 Å². The lowest BCUT2D eigenvalue weighted by Gasteiger charge is -2.10. The van der Waals surface area contributed by atoms with Crippen LogP contribution in [0, 0.1) is 0 Å². The average Bonchev–Trinajstić information content (AvgIpc) is 2.18. The lowest BCUT2D eigenvalue weighted by atomic mass is 10.1. The number of aliphatic hydroxyl groups excluding tert-OH is 1. The molecule has 0 aliphatic carbocycles. The monoisotopic (exact) mass is 233 g/mol. The van der Waals surface area contributed by atoms with Crippen molar-refractivity contribution in [3.05, 3.63) is 29.8 Å². The molecule has 0 radical (unpaired) electrons. The summed E-state index contributed by atoms with van der Waals surface area (Å²) in [5.74, 6) is 0. The van der Waals surface area contributed by atoms with E-state index >= 15 is 0 Å². The number of hydrogen-bond acceptors (Lipinski definition) is 3. The summed E-state index contributed by atoms with van der Waals surface area (Å²) in [6.45, 7) is 0.144. The van der Waals surface area contributed by atoms with Crippen LogP contribution in [0.1, 0.15) is 18.0 Å². The molecule has 0 aliphatic rings. The van der Waals surface area contributed by atoms with Gasteiger partial charge < -0.3 is 10.8 Å². The second-order valence-electron chi connectivity index (χ2n) is 2.89. The summed E-state index contributed by atoms with van der Waals surface area (Å²) in [6, 6.07) is 8.10. The van der Waals surface area contributed by atoms with Gasteiger partial charge in [-0.15, -0.1) is 24.2 Å². The lowest BCUT2D eigenvalue weighted by molar-refractivity contribution is 0.276. The topological polar surface area (TPSA) is 46.2 Å². The van der Waals surface area contributed by atoms with E-state index in [1.165, 1.54) is 4.90 Å². The molecule has 0 aromatic heterocycles. The van der Waals surface area contributed by atoms with Gasteiger partial charge in [-0.2, -0.15) is 0 Å². The number of benzene rings is 1. The number of rotatable bonds is 4. The van der Waals surface area contributed by atoms with Crippen molar-refractivity contribution in [2.45, 2.75) is 17.4 Å². The largest absolute Gasteiger partial charge is 0.396 e. The van der Waals surface area contributed by atoms with Crippen LogP contribution >= 0.6 is 24.2 Å². The Morgan fingerprint density at radius 1 is 1.36 bits per heavy atom. The van der Waals surface area contributed by atoms with Crippen molar-refractivity contribution in [2.75, 3.05) is 12.9 Å². The molecule has 0 aliphatic heterocycles. The minimum atomic E-state index is -0.0408. The van der Waals surface area contributed by atoms with Gasteiger partial charge in [-0.05, 0) is 30.4 Å². The minimum Gasteiger partial charge on any atom is -0.396 e. The Labute approximate surface area is 95.3 Å². The van der Waals surface area contributed by atoms with Crippen molar-refractivity contribution >= 4 is 24.2 Å². The maximum absolute atomic E-state index is 8.71. The first kappa shape index (κ1) is 13.8. The first-order valence-corrected chi connectivity index (χ1v) is 5.50. The third kappa shape index (κ3) is 3.88. The Balaban J connectivity index is 0.00000169. The minimum absolute atomic E-state index is 0. The van der Waals surface area contributed by atoms with E-state index in [2.05, 4.69) is 12.1 Å². The summed E-state index contributed by atoms with van der Waals surface area (Å²) < 4.78 is 0. The van der Waals surface area contributed by atoms with Gasteiger partial charge in [0.1, 0.15) is 0 Å². The molecule has 0 saturated heterocycles. The summed E-state index contributed by atoms with van der Waals surface area (Å²) in [6.07, 6.45) is 2.67. The average molecular weight is 234 g/mol. The first-order chi connectivity index (χ1) is 6.27. The second kappa shape index (κ2) is 7.12. The maximum atomic E-state index is 8.71. The van der Waals surface area contributed by atoms with Crippen LogP contribution in [-0.4, -0.2) is 18.0 Å². The van der Waals surface area contributed by atoms with Crippen LogP contribution in [0.5, 0.6) is 0 Å². The molecule has 4 heteroatoms. The maximum Gasteiger partial charge on any atom is 0.0449 e. The highest BCUT2D eigenvalue weighted by Crippen LogP contribution is 2.19. The quantitative estimate of drug-likeness (QED) is 0.784. The van der Waals surface area contributed by atoms with Crippen molar-refractivity contribution in [2.24, 2.45) is 5.73 Å². The number of nitrogens with two attached hydrogens (primary N) is 1. The molecule has 0 spiro atoms. The van der Waals surface area contributed by atoms with Crippen molar-refractivity contribution in [3.63, 3.8) is 0 Å². The Morgan fingerprint density at radius 2 is 1.93 bits per heavy atom. The summed E-state index contributed by atoms with van der Waals surface area (Å²) in [5, 5.41) is 8.71. The molecular formula is C10H16ClNOS. The Kier molecular flexibility index (Phi) is 7.01. The van der Waals surface area contributed by atoms with Crippen LogP contribution in [0.4, 0.5) is 0 Å². The van der Waals surface area contributed by atoms with Crippen LogP contribution in [0.25, 0.3) is 0 Å². The standard InChI is InChI=1S/C10H15NOS.ClH/c1-13-9-4-2-8(3-5-9)10(11)6-7-12;/h2-5,10,12H,6-7,11H2,1H3;1H/t10-;/m1./s1. The normalized spacial score (nSPS) is 11.9. The summed E-state index contributed by atoms with van der Waals surface area (Å²) >= 11 is 1.71. The van der Waals surface area contributed by atoms with E-state index in [9.17, 15) is 0 Å². The second-order valence-corrected chi connectivity index (χ2v) is 3.77. The molecule has 0 heterocycles. The van der Waals surface area contributed by atoms with Gasteiger partial charge >= 0.3 is 0 Å². The predicted molar refractivity (Wildman–Crippen MR) is 64.1 cm³/mol. The van der Waals surface area contributed by atoms with Crippen LogP contribution < -0.4 is 5.73 Å². The highest BCUT2D eigenvalue weighted by Gasteiger charge is 2.03. The van der Waals surface area contributed by atoms with E-state index in [1.54, 1.807) is 11.8 Å². The fourth-order valence-electron chi connectivity index (χ4n) is 1.16. The number of hydrogen-bond donors (Lipinski definition) is 2. The SMILES string of the molecule is CSc1ccc([C@H](N)CCO)cc1.Cl. The molecule has 2 nitrogen and oxygen atoms in total. The van der Waals surface area contributed by atoms with Crippen molar-refractivity contribution in [3.8, 4) is 0 Å². The highest BCUT2D eigenvalue weighted by atomic mass is 35.5. The van der Waals surface area contributed by atoms with Crippen LogP contribution in [0.3, 0.4) is 0 Å². The smallest absolute Gasteiger partial charge is 0.0449 e. The van der Waals surface area contributed by atoms with E-state index < -0.39 is 0 Å². The molecule has 0 unspecified atom stereocenters. The van der Waals surface area contributed by atoms with Crippen molar-refractivity contribution in [1.82, 2.24) is 0 Å². The van der Waals surface area contributed by atoms with Gasteiger partial charge in [0.2, 0.25) is 0 Å². The van der Waals surface area contributed by atoms with Crippen LogP contribution in [-0.2, 0) is 0 Å². The Morgan fingerprint density at radius 3 is 2.36 bits per heavy atom. The molecule has 0 amide bonds. The summed E-state index contributed by atoms with van der Waals surface area (Å²) in [7, 11) is 0. The fourth-order valence-corrected chi connectivity index (χ4v) is 1.57. The molecule has 0 bridgehead atoms. The molecular weight excluding hydrogens is 218 g/mol. The number of thioether (sulfide) groups is 1. The zero-order chi connectivity index (χ0) is 9.68. The van der Waals surface area contributed by atoms with Gasteiger partial charge in [0, 0.05) is 17.5 Å². The van der Waals surface area contributed by atoms with E-state index in [4.69, 9.17) is 10.8 Å². The fraction of sp³-hybridized carbons (Fsp3) is 0.400. The molecule has 3 N–H and O–H groups in total. The van der Waals surface area contributed by atoms with E-state index in [0.717, 1.165) is 5.56 Å². The molecule has 1 aromatic rings. The van der Waals surface area contributed by atoms with Gasteiger partial charge in [0.05, 0.1) is 0 Å².